The highest BCUT2D eigenvalue weighted by molar-refractivity contribution is 6.33. The average Bonchev–Trinajstić information content (AvgIpc) is 2.36. The Morgan fingerprint density at radius 1 is 1.40 bits per heavy atom. The van der Waals surface area contributed by atoms with E-state index in [-0.39, 0.29) is 0 Å². The molecule has 0 unspecified atom stereocenters. The van der Waals surface area contributed by atoms with Gasteiger partial charge in [-0.15, -0.1) is 11.6 Å². The van der Waals surface area contributed by atoms with Gasteiger partial charge in [0.1, 0.15) is 0 Å². The SMILES string of the molecule is Clc1n[c-]nc2[nH]n[c-]c12. The molecule has 10 heavy (non-hydrogen) atoms. The quantitative estimate of drug-likeness (QED) is 0.445. The fourth-order valence-electron chi connectivity index (χ4n) is 0.645. The molecule has 0 bridgehead atoms. The van der Waals surface area contributed by atoms with E-state index in [1.165, 1.54) is 0 Å². The maximum Gasteiger partial charge on any atom is 0.0320 e. The van der Waals surface area contributed by atoms with Crippen LogP contribution >= 0.6 is 11.6 Å². The van der Waals surface area contributed by atoms with Crippen molar-refractivity contribution in [2.75, 3.05) is 0 Å². The van der Waals surface area contributed by atoms with Crippen LogP contribution in [0.4, 0.5) is 0 Å². The number of nitrogens with one attached hydrogen (secondary N) is 1. The summed E-state index contributed by atoms with van der Waals surface area (Å²) in [5.74, 6) is 0. The Hall–Kier alpha value is -1.16. The van der Waals surface area contributed by atoms with Gasteiger partial charge < -0.3 is 15.1 Å². The van der Waals surface area contributed by atoms with Gasteiger partial charge in [0.2, 0.25) is 0 Å². The van der Waals surface area contributed by atoms with E-state index in [9.17, 15) is 0 Å². The lowest BCUT2D eigenvalue weighted by Crippen LogP contribution is -1.80. The molecule has 2 aromatic rings. The molecule has 0 aliphatic carbocycles. The number of hydrogen-bond acceptors (Lipinski definition) is 3. The van der Waals surface area contributed by atoms with Crippen molar-refractivity contribution in [1.29, 1.82) is 0 Å². The molecule has 2 heterocycles. The summed E-state index contributed by atoms with van der Waals surface area (Å²) in [5.41, 5.74) is 0.556. The zero-order chi connectivity index (χ0) is 6.97. The summed E-state index contributed by atoms with van der Waals surface area (Å²) in [5, 5.41) is 7.11. The highest BCUT2D eigenvalue weighted by atomic mass is 35.5. The third-order valence-electron chi connectivity index (χ3n) is 1.08. The number of fused-ring (bicyclic) bond motifs is 1. The Morgan fingerprint density at radius 3 is 3.10 bits per heavy atom. The molecule has 0 saturated heterocycles. The molecule has 2 aromatic heterocycles. The van der Waals surface area contributed by atoms with Crippen LogP contribution in [0.1, 0.15) is 0 Å². The second-order valence-corrected chi connectivity index (χ2v) is 2.03. The van der Waals surface area contributed by atoms with E-state index in [1.54, 1.807) is 0 Å². The smallest absolute Gasteiger partial charge is 0.0320 e. The second kappa shape index (κ2) is 1.91. The molecule has 0 atom stereocenters. The first-order valence-electron chi connectivity index (χ1n) is 2.53. The Kier molecular flexibility index (Phi) is 1.07. The summed E-state index contributed by atoms with van der Waals surface area (Å²) < 4.78 is 0. The molecule has 2 rings (SSSR count). The highest BCUT2D eigenvalue weighted by Crippen LogP contribution is 2.14. The number of H-pyrrole nitrogens is 1. The van der Waals surface area contributed by atoms with Gasteiger partial charge in [-0.25, -0.2) is 0 Å². The molecule has 5 heteroatoms. The predicted molar refractivity (Wildman–Crippen MR) is 34.4 cm³/mol. The van der Waals surface area contributed by atoms with Crippen LogP contribution in [0.15, 0.2) is 0 Å². The van der Waals surface area contributed by atoms with Gasteiger partial charge >= 0.3 is 0 Å². The molecular formula is C5HClN4-2. The first-order valence-corrected chi connectivity index (χ1v) is 2.91. The van der Waals surface area contributed by atoms with E-state index in [2.05, 4.69) is 32.7 Å². The van der Waals surface area contributed by atoms with E-state index in [0.717, 1.165) is 0 Å². The van der Waals surface area contributed by atoms with Crippen LogP contribution in [0, 0.1) is 12.5 Å². The minimum absolute atomic E-state index is 0.318. The molecular weight excluding hydrogens is 152 g/mol. The van der Waals surface area contributed by atoms with Crippen molar-refractivity contribution in [3.05, 3.63) is 17.7 Å². The standard InChI is InChI=1S/C5HClN4/c6-4-3-1-9-10-5(3)8-2-7-4/h(H,7,8,9,10)/q-2. The van der Waals surface area contributed by atoms with Crippen molar-refractivity contribution >= 4 is 22.6 Å². The number of rotatable bonds is 0. The normalized spacial score (nSPS) is 10.5. The first kappa shape index (κ1) is 5.61. The van der Waals surface area contributed by atoms with Gasteiger partial charge in [-0.1, -0.05) is 5.39 Å². The lowest BCUT2D eigenvalue weighted by Gasteiger charge is -1.99. The van der Waals surface area contributed by atoms with Crippen molar-refractivity contribution in [3.63, 3.8) is 0 Å². The Balaban J connectivity index is 2.95. The van der Waals surface area contributed by atoms with Crippen molar-refractivity contribution < 1.29 is 0 Å². The monoisotopic (exact) mass is 152 g/mol. The van der Waals surface area contributed by atoms with Crippen LogP contribution in [0.2, 0.25) is 5.15 Å². The molecule has 0 amide bonds. The summed E-state index contributed by atoms with van der Waals surface area (Å²) in [7, 11) is 0. The molecule has 4 nitrogen and oxygen atoms in total. The summed E-state index contributed by atoms with van der Waals surface area (Å²) in [6.45, 7) is 0. The van der Waals surface area contributed by atoms with Gasteiger partial charge in [0.05, 0.1) is 0 Å². The van der Waals surface area contributed by atoms with Crippen LogP contribution in [0.3, 0.4) is 0 Å². The molecule has 0 radical (unpaired) electrons. The summed E-state index contributed by atoms with van der Waals surface area (Å²) in [6, 6.07) is 0. The summed E-state index contributed by atoms with van der Waals surface area (Å²) in [6.07, 6.45) is 4.97. The Morgan fingerprint density at radius 2 is 2.30 bits per heavy atom. The summed E-state index contributed by atoms with van der Waals surface area (Å²) in [4.78, 5) is 7.35. The summed E-state index contributed by atoms with van der Waals surface area (Å²) >= 11 is 5.62. The number of hydrogen-bond donors (Lipinski definition) is 1. The van der Waals surface area contributed by atoms with E-state index >= 15 is 0 Å². The molecule has 0 aliphatic heterocycles. The maximum absolute atomic E-state index is 5.62. The third-order valence-corrected chi connectivity index (χ3v) is 1.36. The number of aromatic amines is 1. The molecule has 0 saturated carbocycles. The average molecular weight is 153 g/mol. The van der Waals surface area contributed by atoms with Crippen LogP contribution in [-0.2, 0) is 0 Å². The van der Waals surface area contributed by atoms with Gasteiger partial charge in [0, 0.05) is 17.1 Å². The van der Waals surface area contributed by atoms with Crippen LogP contribution in [0.25, 0.3) is 11.0 Å². The van der Waals surface area contributed by atoms with E-state index in [4.69, 9.17) is 11.6 Å². The fraction of sp³-hybridized carbons (Fsp3) is 0. The van der Waals surface area contributed by atoms with E-state index in [1.807, 2.05) is 0 Å². The molecule has 0 aromatic carbocycles. The zero-order valence-electron chi connectivity index (χ0n) is 4.72. The van der Waals surface area contributed by atoms with Crippen LogP contribution in [-0.4, -0.2) is 20.2 Å². The number of halogens is 1. The van der Waals surface area contributed by atoms with Crippen molar-refractivity contribution in [1.82, 2.24) is 20.2 Å². The minimum Gasteiger partial charge on any atom is -0.355 e. The first-order chi connectivity index (χ1) is 4.88. The third kappa shape index (κ3) is 0.657. The number of nitrogens with zero attached hydrogens (tertiary/aromatic N) is 3. The van der Waals surface area contributed by atoms with Crippen molar-refractivity contribution in [2.45, 2.75) is 0 Å². The lowest BCUT2D eigenvalue weighted by molar-refractivity contribution is 1.08. The number of aromatic nitrogens is 4. The van der Waals surface area contributed by atoms with E-state index < -0.39 is 0 Å². The lowest BCUT2D eigenvalue weighted by atomic mass is 10.4. The predicted octanol–water partition coefficient (Wildman–Crippen LogP) is 0.607. The molecule has 0 spiro atoms. The maximum atomic E-state index is 5.62. The highest BCUT2D eigenvalue weighted by Gasteiger charge is 1.87. The molecule has 0 aliphatic rings. The second-order valence-electron chi connectivity index (χ2n) is 1.67. The zero-order valence-corrected chi connectivity index (χ0v) is 5.48. The van der Waals surface area contributed by atoms with Crippen LogP contribution < -0.4 is 0 Å². The topological polar surface area (TPSA) is 54.5 Å². The largest absolute Gasteiger partial charge is 0.355 e. The van der Waals surface area contributed by atoms with Crippen molar-refractivity contribution in [2.24, 2.45) is 0 Å². The van der Waals surface area contributed by atoms with Gasteiger partial charge in [0.25, 0.3) is 0 Å². The van der Waals surface area contributed by atoms with Crippen LogP contribution in [0.5, 0.6) is 0 Å². The molecule has 50 valence electrons. The van der Waals surface area contributed by atoms with Gasteiger partial charge in [-0.05, 0) is 6.20 Å². The van der Waals surface area contributed by atoms with Gasteiger partial charge in [0.15, 0.2) is 0 Å². The molecule has 1 N–H and O–H groups in total. The van der Waals surface area contributed by atoms with Gasteiger partial charge in [-0.2, -0.15) is 0 Å². The van der Waals surface area contributed by atoms with Crippen molar-refractivity contribution in [3.8, 4) is 0 Å². The molecule has 0 fully saturated rings. The van der Waals surface area contributed by atoms with E-state index in [0.29, 0.717) is 16.2 Å². The minimum atomic E-state index is 0.318. The Bertz CT molecular complexity index is 355. The fourth-order valence-corrected chi connectivity index (χ4v) is 0.815. The Labute approximate surface area is 61.3 Å². The van der Waals surface area contributed by atoms with Gasteiger partial charge in [-0.3, -0.25) is 5.10 Å².